The monoisotopic (exact) mass is 518 g/mol. The predicted molar refractivity (Wildman–Crippen MR) is 166 cm³/mol. The Hall–Kier alpha value is -4.33. The molecule has 39 heavy (non-hydrogen) atoms. The lowest BCUT2D eigenvalue weighted by Gasteiger charge is -2.08. The molecule has 0 N–H and O–H groups in total. The third-order valence-corrected chi connectivity index (χ3v) is 8.04. The molecule has 0 saturated heterocycles. The fraction of sp³-hybridized carbons (Fsp3) is 0.0526. The van der Waals surface area contributed by atoms with Crippen molar-refractivity contribution < 1.29 is 0 Å². The van der Waals surface area contributed by atoms with Crippen molar-refractivity contribution in [3.63, 3.8) is 0 Å². The first-order chi connectivity index (χ1) is 19.3. The predicted octanol–water partition coefficient (Wildman–Crippen LogP) is 10.4. The molecule has 0 aromatic heterocycles. The number of rotatable bonds is 8. The van der Waals surface area contributed by atoms with Gasteiger partial charge in [0.05, 0.1) is 0 Å². The SMILES string of the molecule is c1ccc(Cc2ccc(-c3ccc(Sc4ccc(-c5ccc(Cc6ccccc6)cc5)cc4)cc3)cc2)cc1. The lowest BCUT2D eigenvalue weighted by atomic mass is 10.0. The summed E-state index contributed by atoms with van der Waals surface area (Å²) in [5.41, 5.74) is 10.4. The first-order valence-electron chi connectivity index (χ1n) is 13.4. The molecule has 1 heteroatoms. The van der Waals surface area contributed by atoms with Gasteiger partial charge in [-0.2, -0.15) is 0 Å². The molecule has 0 heterocycles. The second-order valence-electron chi connectivity index (χ2n) is 9.87. The van der Waals surface area contributed by atoms with Gasteiger partial charge in [0.1, 0.15) is 0 Å². The quantitative estimate of drug-likeness (QED) is 0.193. The Balaban J connectivity index is 1.06. The van der Waals surface area contributed by atoms with Crippen LogP contribution in [0.1, 0.15) is 22.3 Å². The Morgan fingerprint density at radius 2 is 0.564 bits per heavy atom. The Labute approximate surface area is 236 Å². The van der Waals surface area contributed by atoms with Gasteiger partial charge in [-0.1, -0.05) is 145 Å². The largest absolute Gasteiger partial charge is 0.0901 e. The molecule has 0 aliphatic carbocycles. The molecular weight excluding hydrogens is 488 g/mol. The molecule has 0 bridgehead atoms. The highest BCUT2D eigenvalue weighted by Gasteiger charge is 2.04. The van der Waals surface area contributed by atoms with E-state index in [-0.39, 0.29) is 0 Å². The molecule has 0 nitrogen and oxygen atoms in total. The maximum atomic E-state index is 2.24. The number of hydrogen-bond donors (Lipinski definition) is 0. The van der Waals surface area contributed by atoms with E-state index in [0.29, 0.717) is 0 Å². The summed E-state index contributed by atoms with van der Waals surface area (Å²) in [6, 6.07) is 56.9. The molecule has 0 amide bonds. The van der Waals surface area contributed by atoms with Crippen LogP contribution in [-0.2, 0) is 12.8 Å². The third kappa shape index (κ3) is 6.57. The van der Waals surface area contributed by atoms with Crippen molar-refractivity contribution in [1.29, 1.82) is 0 Å². The van der Waals surface area contributed by atoms with Crippen molar-refractivity contribution in [2.45, 2.75) is 22.6 Å². The van der Waals surface area contributed by atoms with Gasteiger partial charge in [-0.3, -0.25) is 0 Å². The fourth-order valence-electron chi connectivity index (χ4n) is 4.86. The topological polar surface area (TPSA) is 0 Å². The molecule has 6 rings (SSSR count). The van der Waals surface area contributed by atoms with E-state index >= 15 is 0 Å². The average Bonchev–Trinajstić information content (AvgIpc) is 3.00. The molecule has 0 radical (unpaired) electrons. The molecular formula is C38H30S. The van der Waals surface area contributed by atoms with E-state index in [9.17, 15) is 0 Å². The zero-order valence-electron chi connectivity index (χ0n) is 21.8. The van der Waals surface area contributed by atoms with Crippen LogP contribution in [0.15, 0.2) is 168 Å². The van der Waals surface area contributed by atoms with Crippen LogP contribution >= 0.6 is 11.8 Å². The van der Waals surface area contributed by atoms with Crippen LogP contribution in [0.2, 0.25) is 0 Å². The zero-order chi connectivity index (χ0) is 26.3. The normalized spacial score (nSPS) is 10.9. The van der Waals surface area contributed by atoms with Crippen molar-refractivity contribution in [2.24, 2.45) is 0 Å². The smallest absolute Gasteiger partial charge is 0.0122 e. The maximum Gasteiger partial charge on any atom is 0.0122 e. The Kier molecular flexibility index (Phi) is 7.70. The molecule has 0 spiro atoms. The summed E-state index contributed by atoms with van der Waals surface area (Å²) in [4.78, 5) is 2.50. The summed E-state index contributed by atoms with van der Waals surface area (Å²) in [6.07, 6.45) is 1.93. The van der Waals surface area contributed by atoms with E-state index < -0.39 is 0 Å². The van der Waals surface area contributed by atoms with Gasteiger partial charge in [0.15, 0.2) is 0 Å². The lowest BCUT2D eigenvalue weighted by molar-refractivity contribution is 1.19. The van der Waals surface area contributed by atoms with Crippen LogP contribution in [0.4, 0.5) is 0 Å². The summed E-state index contributed by atoms with van der Waals surface area (Å²) in [7, 11) is 0. The van der Waals surface area contributed by atoms with E-state index in [2.05, 4.69) is 158 Å². The first kappa shape index (κ1) is 25.0. The van der Waals surface area contributed by atoms with E-state index in [1.54, 1.807) is 11.8 Å². The van der Waals surface area contributed by atoms with Gasteiger partial charge < -0.3 is 0 Å². The molecule has 0 fully saturated rings. The van der Waals surface area contributed by atoms with Crippen LogP contribution in [0.3, 0.4) is 0 Å². The van der Waals surface area contributed by atoms with E-state index in [1.165, 1.54) is 54.3 Å². The van der Waals surface area contributed by atoms with Crippen molar-refractivity contribution in [3.8, 4) is 22.3 Å². The summed E-state index contributed by atoms with van der Waals surface area (Å²) in [6.45, 7) is 0. The molecule has 0 atom stereocenters. The maximum absolute atomic E-state index is 2.24. The Bertz CT molecular complexity index is 1470. The molecule has 0 aliphatic rings. The Morgan fingerprint density at radius 3 is 0.897 bits per heavy atom. The summed E-state index contributed by atoms with van der Waals surface area (Å²) >= 11 is 1.80. The van der Waals surface area contributed by atoms with Gasteiger partial charge in [0.2, 0.25) is 0 Å². The van der Waals surface area contributed by atoms with Crippen LogP contribution < -0.4 is 0 Å². The van der Waals surface area contributed by atoms with Crippen LogP contribution in [0.25, 0.3) is 22.3 Å². The van der Waals surface area contributed by atoms with Gasteiger partial charge in [0.25, 0.3) is 0 Å². The minimum absolute atomic E-state index is 0.967. The summed E-state index contributed by atoms with van der Waals surface area (Å²) in [5.74, 6) is 0. The molecule has 6 aromatic rings. The van der Waals surface area contributed by atoms with Gasteiger partial charge >= 0.3 is 0 Å². The van der Waals surface area contributed by atoms with E-state index in [1.807, 2.05) is 0 Å². The second-order valence-corrected chi connectivity index (χ2v) is 11.0. The van der Waals surface area contributed by atoms with E-state index in [0.717, 1.165) is 12.8 Å². The minimum atomic E-state index is 0.967. The summed E-state index contributed by atoms with van der Waals surface area (Å²) in [5, 5.41) is 0. The summed E-state index contributed by atoms with van der Waals surface area (Å²) < 4.78 is 0. The van der Waals surface area contributed by atoms with Gasteiger partial charge in [0, 0.05) is 9.79 Å². The van der Waals surface area contributed by atoms with Crippen LogP contribution in [0.5, 0.6) is 0 Å². The van der Waals surface area contributed by atoms with Gasteiger partial charge in [-0.05, 0) is 81.6 Å². The van der Waals surface area contributed by atoms with Crippen molar-refractivity contribution in [1.82, 2.24) is 0 Å². The molecule has 6 aromatic carbocycles. The first-order valence-corrected chi connectivity index (χ1v) is 14.2. The average molecular weight is 519 g/mol. The standard InChI is InChI=1S/C38H30S/c1-3-7-29(8-4-1)27-31-11-15-33(16-12-31)35-19-23-37(24-20-35)39-38-25-21-36(22-26-38)34-17-13-32(14-18-34)28-30-9-5-2-6-10-30/h1-26H,27-28H2. The molecule has 0 saturated carbocycles. The van der Waals surface area contributed by atoms with Crippen LogP contribution in [0, 0.1) is 0 Å². The van der Waals surface area contributed by atoms with E-state index in [4.69, 9.17) is 0 Å². The molecule has 0 aliphatic heterocycles. The molecule has 188 valence electrons. The number of hydrogen-bond acceptors (Lipinski definition) is 1. The zero-order valence-corrected chi connectivity index (χ0v) is 22.7. The highest BCUT2D eigenvalue weighted by molar-refractivity contribution is 7.99. The highest BCUT2D eigenvalue weighted by Crippen LogP contribution is 2.32. The van der Waals surface area contributed by atoms with Crippen molar-refractivity contribution in [3.05, 3.63) is 180 Å². The highest BCUT2D eigenvalue weighted by atomic mass is 32.2. The second kappa shape index (κ2) is 12.0. The third-order valence-electron chi connectivity index (χ3n) is 7.02. The molecule has 0 unspecified atom stereocenters. The van der Waals surface area contributed by atoms with Gasteiger partial charge in [-0.15, -0.1) is 0 Å². The Morgan fingerprint density at radius 1 is 0.282 bits per heavy atom. The van der Waals surface area contributed by atoms with Crippen LogP contribution in [-0.4, -0.2) is 0 Å². The fourth-order valence-corrected chi connectivity index (χ4v) is 5.68. The number of benzene rings is 6. The minimum Gasteiger partial charge on any atom is -0.0901 e. The van der Waals surface area contributed by atoms with Crippen molar-refractivity contribution >= 4 is 11.8 Å². The van der Waals surface area contributed by atoms with Crippen molar-refractivity contribution in [2.75, 3.05) is 0 Å². The van der Waals surface area contributed by atoms with Gasteiger partial charge in [-0.25, -0.2) is 0 Å². The lowest BCUT2D eigenvalue weighted by Crippen LogP contribution is -1.88.